The van der Waals surface area contributed by atoms with Crippen LogP contribution in [0, 0.1) is 6.92 Å². The van der Waals surface area contributed by atoms with E-state index in [0.29, 0.717) is 6.61 Å². The van der Waals surface area contributed by atoms with Crippen molar-refractivity contribution < 1.29 is 34.1 Å². The Morgan fingerprint density at radius 1 is 1.00 bits per heavy atom. The molecule has 29 heavy (non-hydrogen) atoms. The Bertz CT molecular complexity index is 708. The summed E-state index contributed by atoms with van der Waals surface area (Å²) in [4.78, 5) is 35.7. The minimum atomic E-state index is -2.29. The van der Waals surface area contributed by atoms with E-state index >= 15 is 0 Å². The van der Waals surface area contributed by atoms with Gasteiger partial charge in [-0.05, 0) is 24.5 Å². The zero-order valence-corrected chi connectivity index (χ0v) is 17.0. The highest BCUT2D eigenvalue weighted by atomic mass is 16.6. The van der Waals surface area contributed by atoms with Crippen LogP contribution < -0.4 is 10.2 Å². The molecule has 0 aliphatic carbocycles. The monoisotopic (exact) mass is 404 g/mol. The second kappa shape index (κ2) is 12.0. The summed E-state index contributed by atoms with van der Waals surface area (Å²) >= 11 is 0. The van der Waals surface area contributed by atoms with Crippen molar-refractivity contribution >= 4 is 17.9 Å². The van der Waals surface area contributed by atoms with Crippen LogP contribution in [-0.4, -0.2) is 37.7 Å². The summed E-state index contributed by atoms with van der Waals surface area (Å²) in [5.41, 5.74) is -2.17. The van der Waals surface area contributed by atoms with Gasteiger partial charge in [-0.25, -0.2) is 0 Å². The van der Waals surface area contributed by atoms with Crippen LogP contribution in [0.3, 0.4) is 0 Å². The zero-order valence-electron chi connectivity index (χ0n) is 17.0. The molecular formula is C22H28O7-2. The second-order valence-electron chi connectivity index (χ2n) is 6.90. The van der Waals surface area contributed by atoms with Gasteiger partial charge in [0.1, 0.15) is 6.61 Å². The second-order valence-corrected chi connectivity index (χ2v) is 6.90. The SMILES string of the molecule is C=C(C(=O)[O-])C(CC(=O)OCCOCCCCCC)(C(=O)[O-])c1ccc(C)cc1. The standard InChI is InChI=1S/C22H30O7/c1-4-5-6-7-12-28-13-14-29-19(23)15-22(21(26)27,17(3)20(24)25)18-10-8-16(2)9-11-18/h8-11H,3-7,12-15H2,1-2H3,(H,24,25)(H,26,27)/p-2. The summed E-state index contributed by atoms with van der Waals surface area (Å²) < 4.78 is 10.4. The van der Waals surface area contributed by atoms with E-state index in [-0.39, 0.29) is 18.8 Å². The first-order valence-electron chi connectivity index (χ1n) is 9.68. The molecule has 1 aromatic rings. The number of carbonyl (C=O) groups is 3. The number of carboxylic acid groups (broad SMARTS) is 2. The minimum Gasteiger partial charge on any atom is -0.549 e. The predicted molar refractivity (Wildman–Crippen MR) is 103 cm³/mol. The Hall–Kier alpha value is -2.67. The Kier molecular flexibility index (Phi) is 10.1. The fourth-order valence-electron chi connectivity index (χ4n) is 2.92. The van der Waals surface area contributed by atoms with Crippen molar-refractivity contribution in [2.45, 2.75) is 51.4 Å². The zero-order chi connectivity index (χ0) is 21.9. The average Bonchev–Trinajstić information content (AvgIpc) is 2.68. The molecule has 0 N–H and O–H groups in total. The first-order valence-corrected chi connectivity index (χ1v) is 9.68. The molecule has 1 rings (SSSR count). The van der Waals surface area contributed by atoms with Gasteiger partial charge in [0.15, 0.2) is 0 Å². The molecule has 0 aliphatic rings. The molecule has 0 aliphatic heterocycles. The summed E-state index contributed by atoms with van der Waals surface area (Å²) in [6.45, 7) is 7.87. The van der Waals surface area contributed by atoms with Gasteiger partial charge >= 0.3 is 5.97 Å². The third-order valence-corrected chi connectivity index (χ3v) is 4.70. The molecule has 7 heteroatoms. The molecule has 0 bridgehead atoms. The molecule has 0 spiro atoms. The number of benzene rings is 1. The van der Waals surface area contributed by atoms with Crippen LogP contribution in [0.2, 0.25) is 0 Å². The van der Waals surface area contributed by atoms with Gasteiger partial charge in [-0.3, -0.25) is 4.79 Å². The van der Waals surface area contributed by atoms with Gasteiger partial charge in [0, 0.05) is 6.61 Å². The molecule has 0 radical (unpaired) electrons. The third kappa shape index (κ3) is 7.02. The van der Waals surface area contributed by atoms with E-state index in [9.17, 15) is 24.6 Å². The molecule has 7 nitrogen and oxygen atoms in total. The van der Waals surface area contributed by atoms with Crippen LogP contribution >= 0.6 is 0 Å². The van der Waals surface area contributed by atoms with Crippen LogP contribution in [-0.2, 0) is 29.3 Å². The molecule has 0 amide bonds. The number of rotatable bonds is 14. The molecule has 1 atom stereocenters. The van der Waals surface area contributed by atoms with Crippen LogP contribution in [0.5, 0.6) is 0 Å². The molecule has 1 aromatic carbocycles. The van der Waals surface area contributed by atoms with E-state index < -0.39 is 35.3 Å². The highest BCUT2D eigenvalue weighted by Gasteiger charge is 2.40. The molecular weight excluding hydrogens is 376 g/mol. The van der Waals surface area contributed by atoms with Gasteiger partial charge in [-0.15, -0.1) is 0 Å². The summed E-state index contributed by atoms with van der Waals surface area (Å²) in [6.07, 6.45) is 3.45. The number of carboxylic acids is 2. The van der Waals surface area contributed by atoms with Crippen molar-refractivity contribution in [2.24, 2.45) is 0 Å². The van der Waals surface area contributed by atoms with E-state index in [0.717, 1.165) is 31.2 Å². The Balaban J connectivity index is 2.81. The van der Waals surface area contributed by atoms with Crippen molar-refractivity contribution in [1.82, 2.24) is 0 Å². The molecule has 160 valence electrons. The van der Waals surface area contributed by atoms with Crippen LogP contribution in [0.25, 0.3) is 0 Å². The van der Waals surface area contributed by atoms with Gasteiger partial charge in [0.05, 0.1) is 30.4 Å². The fourth-order valence-corrected chi connectivity index (χ4v) is 2.92. The smallest absolute Gasteiger partial charge is 0.307 e. The fraction of sp³-hybridized carbons (Fsp3) is 0.500. The Labute approximate surface area is 171 Å². The maximum Gasteiger partial charge on any atom is 0.307 e. The molecule has 0 heterocycles. The van der Waals surface area contributed by atoms with Crippen LogP contribution in [0.15, 0.2) is 36.4 Å². The number of aryl methyl sites for hydroxylation is 1. The van der Waals surface area contributed by atoms with E-state index in [2.05, 4.69) is 13.5 Å². The average molecular weight is 404 g/mol. The number of aliphatic carboxylic acids is 2. The molecule has 0 saturated carbocycles. The summed E-state index contributed by atoms with van der Waals surface area (Å²) in [5, 5.41) is 23.4. The van der Waals surface area contributed by atoms with Crippen molar-refractivity contribution in [2.75, 3.05) is 19.8 Å². The van der Waals surface area contributed by atoms with Crippen molar-refractivity contribution in [3.05, 3.63) is 47.5 Å². The van der Waals surface area contributed by atoms with E-state index in [1.54, 1.807) is 19.1 Å². The highest BCUT2D eigenvalue weighted by molar-refractivity contribution is 6.01. The molecule has 1 unspecified atom stereocenters. The minimum absolute atomic E-state index is 0.0569. The Morgan fingerprint density at radius 3 is 2.21 bits per heavy atom. The molecule has 0 saturated heterocycles. The number of unbranched alkanes of at least 4 members (excludes halogenated alkanes) is 3. The number of esters is 1. The van der Waals surface area contributed by atoms with Gasteiger partial charge in [0.25, 0.3) is 0 Å². The normalized spacial score (nSPS) is 12.8. The largest absolute Gasteiger partial charge is 0.549 e. The van der Waals surface area contributed by atoms with E-state index in [1.165, 1.54) is 12.1 Å². The number of hydrogen-bond acceptors (Lipinski definition) is 7. The topological polar surface area (TPSA) is 116 Å². The third-order valence-electron chi connectivity index (χ3n) is 4.70. The Morgan fingerprint density at radius 2 is 1.66 bits per heavy atom. The van der Waals surface area contributed by atoms with Crippen molar-refractivity contribution in [1.29, 1.82) is 0 Å². The maximum absolute atomic E-state index is 12.3. The highest BCUT2D eigenvalue weighted by Crippen LogP contribution is 2.35. The maximum atomic E-state index is 12.3. The number of carbonyl (C=O) groups excluding carboxylic acids is 3. The van der Waals surface area contributed by atoms with Gasteiger partial charge < -0.3 is 29.3 Å². The van der Waals surface area contributed by atoms with Crippen molar-refractivity contribution in [3.63, 3.8) is 0 Å². The van der Waals surface area contributed by atoms with Gasteiger partial charge in [-0.1, -0.05) is 62.6 Å². The lowest BCUT2D eigenvalue weighted by molar-refractivity contribution is -0.317. The number of hydrogen-bond donors (Lipinski definition) is 0. The summed E-state index contributed by atoms with van der Waals surface area (Å²) in [7, 11) is 0. The first-order chi connectivity index (χ1) is 13.8. The summed E-state index contributed by atoms with van der Waals surface area (Å²) in [5.74, 6) is -4.44. The van der Waals surface area contributed by atoms with E-state index in [4.69, 9.17) is 9.47 Å². The van der Waals surface area contributed by atoms with E-state index in [1.807, 2.05) is 0 Å². The lowest BCUT2D eigenvalue weighted by Crippen LogP contribution is -2.52. The van der Waals surface area contributed by atoms with Crippen LogP contribution in [0.4, 0.5) is 0 Å². The quantitative estimate of drug-likeness (QED) is 0.256. The number of ether oxygens (including phenoxy) is 2. The molecule has 0 fully saturated rings. The lowest BCUT2D eigenvalue weighted by Gasteiger charge is -2.37. The predicted octanol–water partition coefficient (Wildman–Crippen LogP) is 0.819. The van der Waals surface area contributed by atoms with Crippen molar-refractivity contribution in [3.8, 4) is 0 Å². The van der Waals surface area contributed by atoms with Gasteiger partial charge in [0.2, 0.25) is 0 Å². The van der Waals surface area contributed by atoms with Gasteiger partial charge in [-0.2, -0.15) is 0 Å². The molecule has 0 aromatic heterocycles. The van der Waals surface area contributed by atoms with Crippen LogP contribution in [0.1, 0.15) is 50.2 Å². The first kappa shape index (κ1) is 24.4. The lowest BCUT2D eigenvalue weighted by atomic mass is 9.72. The summed E-state index contributed by atoms with van der Waals surface area (Å²) in [6, 6.07) is 6.05.